The molecule has 2 aliphatic rings. The van der Waals surface area contributed by atoms with Gasteiger partial charge in [0, 0.05) is 51.0 Å². The molecule has 29 heavy (non-hydrogen) atoms. The fourth-order valence-corrected chi connectivity index (χ4v) is 4.19. The maximum Gasteiger partial charge on any atom is 0.260 e. The van der Waals surface area contributed by atoms with Crippen molar-refractivity contribution in [3.05, 3.63) is 29.8 Å². The van der Waals surface area contributed by atoms with Crippen LogP contribution in [0.4, 0.5) is 10.1 Å². The molecule has 8 heteroatoms. The lowest BCUT2D eigenvalue weighted by Gasteiger charge is -2.37. The Morgan fingerprint density at radius 3 is 2.59 bits per heavy atom. The van der Waals surface area contributed by atoms with E-state index >= 15 is 0 Å². The van der Waals surface area contributed by atoms with Gasteiger partial charge in [-0.1, -0.05) is 5.16 Å². The van der Waals surface area contributed by atoms with Crippen LogP contribution in [0.5, 0.6) is 0 Å². The Balaban J connectivity index is 1.38. The number of nitrogens with zero attached hydrogens (tertiary/aromatic N) is 5. The van der Waals surface area contributed by atoms with Gasteiger partial charge in [-0.2, -0.15) is 4.98 Å². The van der Waals surface area contributed by atoms with E-state index < -0.39 is 5.82 Å². The van der Waals surface area contributed by atoms with Crippen LogP contribution in [-0.2, 0) is 4.79 Å². The molecule has 1 atom stereocenters. The Morgan fingerprint density at radius 2 is 1.97 bits per heavy atom. The molecule has 0 bridgehead atoms. The summed E-state index contributed by atoms with van der Waals surface area (Å²) in [6.45, 7) is 10.9. The fourth-order valence-electron chi connectivity index (χ4n) is 4.19. The first-order valence-electron chi connectivity index (χ1n) is 10.3. The minimum Gasteiger partial charge on any atom is -0.371 e. The number of hydrogen-bond donors (Lipinski definition) is 0. The van der Waals surface area contributed by atoms with Gasteiger partial charge in [-0.3, -0.25) is 9.69 Å². The second kappa shape index (κ2) is 8.10. The SMILES string of the molecule is Cc1noc(-c2ccc(N3CC[C@H](C(=O)N4CCN(C(C)C)CC4)C3)cc2F)n1. The molecule has 2 aliphatic heterocycles. The number of aryl methyl sites for hydroxylation is 1. The van der Waals surface area contributed by atoms with Gasteiger partial charge in [-0.15, -0.1) is 0 Å². The maximum absolute atomic E-state index is 14.6. The third-order valence-electron chi connectivity index (χ3n) is 5.97. The summed E-state index contributed by atoms with van der Waals surface area (Å²) in [6.07, 6.45) is 0.801. The molecule has 3 heterocycles. The molecule has 0 N–H and O–H groups in total. The van der Waals surface area contributed by atoms with Crippen LogP contribution in [0.15, 0.2) is 22.7 Å². The molecular formula is C21H28FN5O2. The monoisotopic (exact) mass is 401 g/mol. The number of aromatic nitrogens is 2. The van der Waals surface area contributed by atoms with E-state index in [4.69, 9.17) is 4.52 Å². The Bertz CT molecular complexity index is 876. The molecule has 2 fully saturated rings. The van der Waals surface area contributed by atoms with Gasteiger partial charge in [0.05, 0.1) is 11.5 Å². The molecule has 0 radical (unpaired) electrons. The number of carbonyl (C=O) groups excluding carboxylic acids is 1. The average Bonchev–Trinajstić information content (AvgIpc) is 3.37. The summed E-state index contributed by atoms with van der Waals surface area (Å²) in [6, 6.07) is 5.52. The number of amides is 1. The van der Waals surface area contributed by atoms with Crippen molar-refractivity contribution in [2.75, 3.05) is 44.2 Å². The van der Waals surface area contributed by atoms with Gasteiger partial charge in [0.2, 0.25) is 5.91 Å². The van der Waals surface area contributed by atoms with Gasteiger partial charge in [0.1, 0.15) is 5.82 Å². The minimum absolute atomic E-state index is 0.0260. The van der Waals surface area contributed by atoms with Gasteiger partial charge in [0.25, 0.3) is 5.89 Å². The van der Waals surface area contributed by atoms with Crippen molar-refractivity contribution in [3.8, 4) is 11.5 Å². The van der Waals surface area contributed by atoms with Gasteiger partial charge in [-0.05, 0) is 45.4 Å². The molecular weight excluding hydrogens is 373 g/mol. The van der Waals surface area contributed by atoms with Crippen molar-refractivity contribution >= 4 is 11.6 Å². The smallest absolute Gasteiger partial charge is 0.260 e. The lowest BCUT2D eigenvalue weighted by Crippen LogP contribution is -2.52. The van der Waals surface area contributed by atoms with E-state index in [2.05, 4.69) is 33.8 Å². The summed E-state index contributed by atoms with van der Waals surface area (Å²) in [5.41, 5.74) is 1.08. The third kappa shape index (κ3) is 4.12. The van der Waals surface area contributed by atoms with Crippen molar-refractivity contribution < 1.29 is 13.7 Å². The summed E-state index contributed by atoms with van der Waals surface area (Å²) in [4.78, 5) is 23.5. The quantitative estimate of drug-likeness (QED) is 0.785. The summed E-state index contributed by atoms with van der Waals surface area (Å²) < 4.78 is 19.7. The molecule has 1 amide bonds. The Labute approximate surface area is 170 Å². The molecule has 1 aromatic heterocycles. The number of halogens is 1. The second-order valence-corrected chi connectivity index (χ2v) is 8.20. The lowest BCUT2D eigenvalue weighted by molar-refractivity contribution is -0.136. The highest BCUT2D eigenvalue weighted by Crippen LogP contribution is 2.30. The summed E-state index contributed by atoms with van der Waals surface area (Å²) >= 11 is 0. The van der Waals surface area contributed by atoms with Crippen LogP contribution in [0.2, 0.25) is 0 Å². The predicted octanol–water partition coefficient (Wildman–Crippen LogP) is 2.56. The first-order chi connectivity index (χ1) is 13.9. The first kappa shape index (κ1) is 19.8. The highest BCUT2D eigenvalue weighted by Gasteiger charge is 2.33. The summed E-state index contributed by atoms with van der Waals surface area (Å²) in [7, 11) is 0. The van der Waals surface area contributed by atoms with Crippen LogP contribution in [-0.4, -0.2) is 71.2 Å². The molecule has 0 unspecified atom stereocenters. The van der Waals surface area contributed by atoms with Crippen LogP contribution < -0.4 is 4.90 Å². The highest BCUT2D eigenvalue weighted by atomic mass is 19.1. The first-order valence-corrected chi connectivity index (χ1v) is 10.3. The number of anilines is 1. The standard InChI is InChI=1S/C21H28FN5O2/c1-14(2)25-8-10-26(11-9-25)21(28)16-6-7-27(13-16)17-4-5-18(19(22)12-17)20-23-15(3)24-29-20/h4-5,12,14,16H,6-11,13H2,1-3H3/t16-/m0/s1. The van der Waals surface area contributed by atoms with E-state index in [1.807, 2.05) is 11.0 Å². The zero-order valence-electron chi connectivity index (χ0n) is 17.3. The van der Waals surface area contributed by atoms with Gasteiger partial charge >= 0.3 is 0 Å². The van der Waals surface area contributed by atoms with Gasteiger partial charge in [-0.25, -0.2) is 4.39 Å². The Hall–Kier alpha value is -2.48. The zero-order chi connectivity index (χ0) is 20.5. The number of piperazine rings is 1. The topological polar surface area (TPSA) is 65.7 Å². The van der Waals surface area contributed by atoms with Crippen molar-refractivity contribution in [1.29, 1.82) is 0 Å². The van der Waals surface area contributed by atoms with Gasteiger partial charge in [0.15, 0.2) is 5.82 Å². The molecule has 2 saturated heterocycles. The Morgan fingerprint density at radius 1 is 1.21 bits per heavy atom. The largest absolute Gasteiger partial charge is 0.371 e. The zero-order valence-corrected chi connectivity index (χ0v) is 17.3. The van der Waals surface area contributed by atoms with Crippen molar-refractivity contribution in [1.82, 2.24) is 19.9 Å². The summed E-state index contributed by atoms with van der Waals surface area (Å²) in [5, 5.41) is 3.71. The van der Waals surface area contributed by atoms with Crippen molar-refractivity contribution in [2.45, 2.75) is 33.2 Å². The molecule has 0 spiro atoms. The fraction of sp³-hybridized carbons (Fsp3) is 0.571. The molecule has 7 nitrogen and oxygen atoms in total. The molecule has 0 aliphatic carbocycles. The molecule has 1 aromatic carbocycles. The highest BCUT2D eigenvalue weighted by molar-refractivity contribution is 5.80. The van der Waals surface area contributed by atoms with E-state index in [0.717, 1.165) is 44.8 Å². The number of benzene rings is 1. The van der Waals surface area contributed by atoms with Crippen molar-refractivity contribution in [3.63, 3.8) is 0 Å². The molecule has 0 saturated carbocycles. The second-order valence-electron chi connectivity index (χ2n) is 8.20. The molecule has 156 valence electrons. The predicted molar refractivity (Wildman–Crippen MR) is 108 cm³/mol. The molecule has 2 aromatic rings. The maximum atomic E-state index is 14.6. The number of carbonyl (C=O) groups is 1. The van der Waals surface area contributed by atoms with E-state index in [1.54, 1.807) is 13.0 Å². The van der Waals surface area contributed by atoms with Crippen LogP contribution >= 0.6 is 0 Å². The van der Waals surface area contributed by atoms with Crippen LogP contribution in [0.25, 0.3) is 11.5 Å². The minimum atomic E-state index is -0.397. The van der Waals surface area contributed by atoms with Crippen molar-refractivity contribution in [2.24, 2.45) is 5.92 Å². The molecule has 4 rings (SSSR count). The van der Waals surface area contributed by atoms with Crippen LogP contribution in [0.1, 0.15) is 26.1 Å². The van der Waals surface area contributed by atoms with E-state index in [9.17, 15) is 9.18 Å². The van der Waals surface area contributed by atoms with Gasteiger partial charge < -0.3 is 14.3 Å². The summed E-state index contributed by atoms with van der Waals surface area (Å²) in [5.74, 6) is 0.460. The van der Waals surface area contributed by atoms with Crippen LogP contribution in [0, 0.1) is 18.7 Å². The lowest BCUT2D eigenvalue weighted by atomic mass is 10.1. The number of hydrogen-bond acceptors (Lipinski definition) is 6. The van der Waals surface area contributed by atoms with E-state index in [1.165, 1.54) is 6.07 Å². The van der Waals surface area contributed by atoms with E-state index in [-0.39, 0.29) is 17.7 Å². The third-order valence-corrected chi connectivity index (χ3v) is 5.97. The van der Waals surface area contributed by atoms with Crippen LogP contribution in [0.3, 0.4) is 0 Å². The number of rotatable bonds is 4. The average molecular weight is 401 g/mol. The normalized spacial score (nSPS) is 20.7. The Kier molecular flexibility index (Phi) is 5.54. The van der Waals surface area contributed by atoms with E-state index in [0.29, 0.717) is 24.0 Å².